The van der Waals surface area contributed by atoms with E-state index >= 15 is 0 Å². The minimum absolute atomic E-state index is 0.0754. The highest BCUT2D eigenvalue weighted by Crippen LogP contribution is 2.33. The Bertz CT molecular complexity index is 519. The van der Waals surface area contributed by atoms with Gasteiger partial charge in [0.25, 0.3) is 0 Å². The number of methoxy groups -OCH3 is 2. The van der Waals surface area contributed by atoms with E-state index in [9.17, 15) is 9.59 Å². The summed E-state index contributed by atoms with van der Waals surface area (Å²) in [4.78, 5) is 24.1. The lowest BCUT2D eigenvalue weighted by Crippen LogP contribution is -2.53. The molecule has 6 nitrogen and oxygen atoms in total. The van der Waals surface area contributed by atoms with Crippen molar-refractivity contribution in [1.82, 2.24) is 5.32 Å². The van der Waals surface area contributed by atoms with Crippen LogP contribution in [0, 0.1) is 0 Å². The zero-order chi connectivity index (χ0) is 16.0. The fourth-order valence-corrected chi connectivity index (χ4v) is 2.70. The predicted molar refractivity (Wildman–Crippen MR) is 79.2 cm³/mol. The van der Waals surface area contributed by atoms with Crippen molar-refractivity contribution in [1.29, 1.82) is 0 Å². The molecule has 6 heteroatoms. The molecule has 1 aromatic carbocycles. The van der Waals surface area contributed by atoms with Gasteiger partial charge in [0.05, 0.1) is 13.2 Å². The summed E-state index contributed by atoms with van der Waals surface area (Å²) in [7, 11) is 2.90. The molecule has 1 N–H and O–H groups in total. The van der Waals surface area contributed by atoms with Crippen LogP contribution < -0.4 is 5.32 Å². The summed E-state index contributed by atoms with van der Waals surface area (Å²) in [5, 5.41) is 2.66. The maximum absolute atomic E-state index is 12.1. The number of nitrogens with one attached hydrogen (secondary N) is 1. The number of carbonyl (C=O) groups excluding carboxylic acids is 2. The normalized spacial score (nSPS) is 23.8. The molecule has 1 fully saturated rings. The minimum Gasteiger partial charge on any atom is -0.467 e. The maximum Gasteiger partial charge on any atom is 0.408 e. The number of ether oxygens (including phenoxy) is 3. The Balaban J connectivity index is 1.96. The van der Waals surface area contributed by atoms with E-state index in [4.69, 9.17) is 14.2 Å². The van der Waals surface area contributed by atoms with E-state index in [0.717, 1.165) is 5.56 Å². The van der Waals surface area contributed by atoms with Gasteiger partial charge in [0.2, 0.25) is 0 Å². The Morgan fingerprint density at radius 2 is 2.00 bits per heavy atom. The van der Waals surface area contributed by atoms with Crippen molar-refractivity contribution in [2.75, 3.05) is 14.2 Å². The average Bonchev–Trinajstić information content (AvgIpc) is 2.97. The number of hydrogen-bond donors (Lipinski definition) is 1. The fraction of sp³-hybridized carbons (Fsp3) is 0.500. The van der Waals surface area contributed by atoms with Crippen molar-refractivity contribution in [3.63, 3.8) is 0 Å². The zero-order valence-corrected chi connectivity index (χ0v) is 12.8. The van der Waals surface area contributed by atoms with E-state index < -0.39 is 17.6 Å². The van der Waals surface area contributed by atoms with Gasteiger partial charge in [-0.3, -0.25) is 0 Å². The molecule has 0 unspecified atom stereocenters. The predicted octanol–water partition coefficient (Wildman–Crippen LogP) is 2.02. The second-order valence-electron chi connectivity index (χ2n) is 5.36. The van der Waals surface area contributed by atoms with E-state index in [0.29, 0.717) is 19.3 Å². The highest BCUT2D eigenvalue weighted by molar-refractivity contribution is 5.86. The van der Waals surface area contributed by atoms with Crippen LogP contribution in [0.4, 0.5) is 4.79 Å². The Kier molecular flexibility index (Phi) is 5.38. The SMILES string of the molecule is COC(=O)[C@]1(NC(=O)OCc2ccccc2)CC[C@H](OC)C1. The van der Waals surface area contributed by atoms with Gasteiger partial charge in [0.1, 0.15) is 12.1 Å². The van der Waals surface area contributed by atoms with Crippen molar-refractivity contribution in [3.05, 3.63) is 35.9 Å². The van der Waals surface area contributed by atoms with E-state index in [2.05, 4.69) is 5.32 Å². The van der Waals surface area contributed by atoms with Crippen LogP contribution >= 0.6 is 0 Å². The molecule has 0 aromatic heterocycles. The van der Waals surface area contributed by atoms with Crippen LogP contribution in [0.3, 0.4) is 0 Å². The molecule has 0 radical (unpaired) electrons. The Morgan fingerprint density at radius 3 is 2.59 bits per heavy atom. The van der Waals surface area contributed by atoms with Gasteiger partial charge in [-0.05, 0) is 18.4 Å². The molecule has 120 valence electrons. The molecule has 22 heavy (non-hydrogen) atoms. The Morgan fingerprint density at radius 1 is 1.27 bits per heavy atom. The van der Waals surface area contributed by atoms with Crippen LogP contribution in [0.1, 0.15) is 24.8 Å². The highest BCUT2D eigenvalue weighted by atomic mass is 16.6. The summed E-state index contributed by atoms with van der Waals surface area (Å²) in [6.45, 7) is 0.150. The third-order valence-corrected chi connectivity index (χ3v) is 3.93. The van der Waals surface area contributed by atoms with E-state index in [1.807, 2.05) is 30.3 Å². The summed E-state index contributed by atoms with van der Waals surface area (Å²) in [5.41, 5.74) is -0.186. The zero-order valence-electron chi connectivity index (χ0n) is 12.8. The third kappa shape index (κ3) is 3.76. The number of esters is 1. The lowest BCUT2D eigenvalue weighted by Gasteiger charge is -2.27. The molecule has 0 spiro atoms. The van der Waals surface area contributed by atoms with E-state index in [1.165, 1.54) is 7.11 Å². The van der Waals surface area contributed by atoms with Gasteiger partial charge in [-0.25, -0.2) is 9.59 Å². The monoisotopic (exact) mass is 307 g/mol. The van der Waals surface area contributed by atoms with Gasteiger partial charge >= 0.3 is 12.1 Å². The molecule has 1 amide bonds. The van der Waals surface area contributed by atoms with Crippen molar-refractivity contribution < 1.29 is 23.8 Å². The first-order valence-electron chi connectivity index (χ1n) is 7.20. The Hall–Kier alpha value is -2.08. The summed E-state index contributed by atoms with van der Waals surface area (Å²) < 4.78 is 15.3. The average molecular weight is 307 g/mol. The fourth-order valence-electron chi connectivity index (χ4n) is 2.70. The highest BCUT2D eigenvalue weighted by Gasteiger charge is 2.48. The van der Waals surface area contributed by atoms with Crippen LogP contribution in [0.2, 0.25) is 0 Å². The molecule has 0 saturated heterocycles. The third-order valence-electron chi connectivity index (χ3n) is 3.93. The minimum atomic E-state index is -1.07. The van der Waals surface area contributed by atoms with E-state index in [1.54, 1.807) is 7.11 Å². The lowest BCUT2D eigenvalue weighted by atomic mass is 9.98. The molecular weight excluding hydrogens is 286 g/mol. The first-order chi connectivity index (χ1) is 10.6. The quantitative estimate of drug-likeness (QED) is 0.843. The summed E-state index contributed by atoms with van der Waals surface area (Å²) in [6, 6.07) is 9.35. The summed E-state index contributed by atoms with van der Waals surface area (Å²) >= 11 is 0. The number of rotatable bonds is 5. The summed E-state index contributed by atoms with van der Waals surface area (Å²) in [5.74, 6) is -0.469. The van der Waals surface area contributed by atoms with Gasteiger partial charge < -0.3 is 19.5 Å². The van der Waals surface area contributed by atoms with Crippen LogP contribution in [-0.2, 0) is 25.6 Å². The van der Waals surface area contributed by atoms with Crippen LogP contribution in [0.25, 0.3) is 0 Å². The smallest absolute Gasteiger partial charge is 0.408 e. The number of hydrogen-bond acceptors (Lipinski definition) is 5. The molecule has 2 atom stereocenters. The molecular formula is C16H21NO5. The van der Waals surface area contributed by atoms with Gasteiger partial charge in [-0.1, -0.05) is 30.3 Å². The molecule has 0 bridgehead atoms. The van der Waals surface area contributed by atoms with Gasteiger partial charge in [0.15, 0.2) is 0 Å². The standard InChI is InChI=1S/C16H21NO5/c1-20-13-8-9-16(10-13,14(18)21-2)17-15(19)22-11-12-6-4-3-5-7-12/h3-7,13H,8-11H2,1-2H3,(H,17,19)/t13-,16-/m0/s1. The second-order valence-corrected chi connectivity index (χ2v) is 5.36. The van der Waals surface area contributed by atoms with Crippen LogP contribution in [0.15, 0.2) is 30.3 Å². The number of benzene rings is 1. The number of amides is 1. The molecule has 1 aliphatic rings. The van der Waals surface area contributed by atoms with Crippen molar-refractivity contribution in [2.45, 2.75) is 37.5 Å². The van der Waals surface area contributed by atoms with Crippen LogP contribution in [-0.4, -0.2) is 37.9 Å². The van der Waals surface area contributed by atoms with Crippen molar-refractivity contribution >= 4 is 12.1 Å². The van der Waals surface area contributed by atoms with Crippen LogP contribution in [0.5, 0.6) is 0 Å². The van der Waals surface area contributed by atoms with Crippen molar-refractivity contribution in [3.8, 4) is 0 Å². The lowest BCUT2D eigenvalue weighted by molar-refractivity contribution is -0.148. The first kappa shape index (κ1) is 16.3. The molecule has 1 saturated carbocycles. The number of alkyl carbamates (subject to hydrolysis) is 1. The second kappa shape index (κ2) is 7.26. The summed E-state index contributed by atoms with van der Waals surface area (Å²) in [6.07, 6.45) is 0.833. The largest absolute Gasteiger partial charge is 0.467 e. The molecule has 1 aromatic rings. The van der Waals surface area contributed by atoms with E-state index in [-0.39, 0.29) is 12.7 Å². The topological polar surface area (TPSA) is 73.9 Å². The van der Waals surface area contributed by atoms with Gasteiger partial charge in [-0.15, -0.1) is 0 Å². The van der Waals surface area contributed by atoms with Gasteiger partial charge in [0, 0.05) is 13.5 Å². The molecule has 2 rings (SSSR count). The Labute approximate surface area is 129 Å². The molecule has 0 heterocycles. The molecule has 1 aliphatic carbocycles. The van der Waals surface area contributed by atoms with Gasteiger partial charge in [-0.2, -0.15) is 0 Å². The number of carbonyl (C=O) groups is 2. The molecule has 0 aliphatic heterocycles. The first-order valence-corrected chi connectivity index (χ1v) is 7.20. The van der Waals surface area contributed by atoms with Crippen molar-refractivity contribution in [2.24, 2.45) is 0 Å². The maximum atomic E-state index is 12.1.